The molecule has 0 spiro atoms. The number of nitrogens with one attached hydrogen (secondary N) is 2. The Bertz CT molecular complexity index is 448. The van der Waals surface area contributed by atoms with Crippen LogP contribution in [-0.4, -0.2) is 30.8 Å². The molecule has 0 aliphatic heterocycles. The number of aliphatic carboxylic acids is 1. The van der Waals surface area contributed by atoms with Gasteiger partial charge in [0.1, 0.15) is 12.3 Å². The molecule has 2 amide bonds. The van der Waals surface area contributed by atoms with Gasteiger partial charge in [0, 0.05) is 6.54 Å². The zero-order valence-corrected chi connectivity index (χ0v) is 9.90. The van der Waals surface area contributed by atoms with Crippen molar-refractivity contribution in [2.24, 2.45) is 0 Å². The van der Waals surface area contributed by atoms with E-state index < -0.39 is 18.5 Å². The van der Waals surface area contributed by atoms with Gasteiger partial charge in [0.25, 0.3) is 0 Å². The number of urea groups is 1. The van der Waals surface area contributed by atoms with E-state index >= 15 is 0 Å². The zero-order chi connectivity index (χ0) is 13.5. The first kappa shape index (κ1) is 13.6. The Labute approximate surface area is 104 Å². The average Bonchev–Trinajstić information content (AvgIpc) is 2.35. The molecule has 0 aliphatic carbocycles. The van der Waals surface area contributed by atoms with Gasteiger partial charge in [-0.05, 0) is 17.7 Å². The molecule has 0 atom stereocenters. The van der Waals surface area contributed by atoms with Gasteiger partial charge >= 0.3 is 12.0 Å². The summed E-state index contributed by atoms with van der Waals surface area (Å²) in [5.74, 6) is -0.570. The van der Waals surface area contributed by atoms with Crippen molar-refractivity contribution < 1.29 is 19.4 Å². The summed E-state index contributed by atoms with van der Waals surface area (Å²) in [6.07, 6.45) is 0. The summed E-state index contributed by atoms with van der Waals surface area (Å²) in [6, 6.07) is 4.57. The second-order valence-electron chi connectivity index (χ2n) is 3.51. The molecule has 0 heterocycles. The van der Waals surface area contributed by atoms with Crippen LogP contribution in [0.3, 0.4) is 0 Å². The summed E-state index contributed by atoms with van der Waals surface area (Å²) >= 11 is 0. The van der Waals surface area contributed by atoms with Gasteiger partial charge in [0.05, 0.1) is 12.8 Å². The molecule has 5 N–H and O–H groups in total. The van der Waals surface area contributed by atoms with E-state index in [1.165, 1.54) is 7.11 Å². The molecule has 7 nitrogen and oxygen atoms in total. The van der Waals surface area contributed by atoms with E-state index in [0.29, 0.717) is 11.4 Å². The Balaban J connectivity index is 2.48. The average molecular weight is 253 g/mol. The lowest BCUT2D eigenvalue weighted by atomic mass is 10.2. The summed E-state index contributed by atoms with van der Waals surface area (Å²) in [4.78, 5) is 21.4. The molecule has 98 valence electrons. The number of amides is 2. The van der Waals surface area contributed by atoms with Crippen molar-refractivity contribution in [3.63, 3.8) is 0 Å². The fraction of sp³-hybridized carbons (Fsp3) is 0.273. The SMILES string of the molecule is COc1cc(CNC(=O)NCC(=O)O)ccc1N. The molecule has 0 bridgehead atoms. The molecule has 18 heavy (non-hydrogen) atoms. The summed E-state index contributed by atoms with van der Waals surface area (Å²) < 4.78 is 5.04. The number of rotatable bonds is 5. The van der Waals surface area contributed by atoms with E-state index in [1.807, 2.05) is 0 Å². The Morgan fingerprint density at radius 2 is 2.11 bits per heavy atom. The summed E-state index contributed by atoms with van der Waals surface area (Å²) in [6.45, 7) is -0.168. The lowest BCUT2D eigenvalue weighted by Gasteiger charge is -2.09. The quantitative estimate of drug-likeness (QED) is 0.558. The highest BCUT2D eigenvalue weighted by molar-refractivity contribution is 5.79. The molecule has 0 unspecified atom stereocenters. The van der Waals surface area contributed by atoms with Crippen molar-refractivity contribution in [1.82, 2.24) is 10.6 Å². The number of hydrogen-bond acceptors (Lipinski definition) is 4. The number of ether oxygens (including phenoxy) is 1. The molecule has 1 aromatic carbocycles. The molecular weight excluding hydrogens is 238 g/mol. The van der Waals surface area contributed by atoms with E-state index in [9.17, 15) is 9.59 Å². The minimum Gasteiger partial charge on any atom is -0.495 e. The predicted octanol–water partition coefficient (Wildman–Crippen LogP) is 0.161. The van der Waals surface area contributed by atoms with Crippen molar-refractivity contribution in [3.8, 4) is 5.75 Å². The smallest absolute Gasteiger partial charge is 0.323 e. The highest BCUT2D eigenvalue weighted by Crippen LogP contribution is 2.21. The van der Waals surface area contributed by atoms with Gasteiger partial charge < -0.3 is 26.2 Å². The lowest BCUT2D eigenvalue weighted by Crippen LogP contribution is -2.37. The number of carboxylic acids is 1. The van der Waals surface area contributed by atoms with Crippen molar-refractivity contribution in [2.45, 2.75) is 6.54 Å². The van der Waals surface area contributed by atoms with Crippen molar-refractivity contribution in [1.29, 1.82) is 0 Å². The van der Waals surface area contributed by atoms with Crippen LogP contribution in [0.4, 0.5) is 10.5 Å². The highest BCUT2D eigenvalue weighted by atomic mass is 16.5. The van der Waals surface area contributed by atoms with Gasteiger partial charge in [0.15, 0.2) is 0 Å². The highest BCUT2D eigenvalue weighted by Gasteiger charge is 2.04. The van der Waals surface area contributed by atoms with Crippen LogP contribution in [0.25, 0.3) is 0 Å². The van der Waals surface area contributed by atoms with Crippen LogP contribution in [0.1, 0.15) is 5.56 Å². The van der Waals surface area contributed by atoms with Crippen molar-refractivity contribution in [2.75, 3.05) is 19.4 Å². The summed E-state index contributed by atoms with van der Waals surface area (Å²) in [5.41, 5.74) is 6.96. The third-order valence-corrected chi connectivity index (χ3v) is 2.15. The fourth-order valence-corrected chi connectivity index (χ4v) is 1.27. The minimum atomic E-state index is -1.10. The largest absolute Gasteiger partial charge is 0.495 e. The number of methoxy groups -OCH3 is 1. The second kappa shape index (κ2) is 6.33. The molecule has 0 fully saturated rings. The summed E-state index contributed by atoms with van der Waals surface area (Å²) in [7, 11) is 1.50. The molecule has 0 radical (unpaired) electrons. The summed E-state index contributed by atoms with van der Waals surface area (Å²) in [5, 5.41) is 13.1. The van der Waals surface area contributed by atoms with Crippen LogP contribution in [0.2, 0.25) is 0 Å². The maximum absolute atomic E-state index is 11.2. The first-order valence-electron chi connectivity index (χ1n) is 5.19. The van der Waals surface area contributed by atoms with Crippen LogP contribution < -0.4 is 21.1 Å². The number of nitrogens with two attached hydrogens (primary N) is 1. The predicted molar refractivity (Wildman–Crippen MR) is 65.3 cm³/mol. The Kier molecular flexibility index (Phi) is 4.79. The molecule has 1 rings (SSSR count). The Morgan fingerprint density at radius 3 is 2.72 bits per heavy atom. The van der Waals surface area contributed by atoms with Gasteiger partial charge in [-0.25, -0.2) is 4.79 Å². The first-order valence-corrected chi connectivity index (χ1v) is 5.19. The van der Waals surface area contributed by atoms with E-state index in [-0.39, 0.29) is 6.54 Å². The number of carbonyl (C=O) groups is 2. The molecule has 7 heteroatoms. The monoisotopic (exact) mass is 253 g/mol. The molecular formula is C11H15N3O4. The van der Waals surface area contributed by atoms with Crippen molar-refractivity contribution >= 4 is 17.7 Å². The van der Waals surface area contributed by atoms with Gasteiger partial charge in [-0.2, -0.15) is 0 Å². The number of hydrogen-bond donors (Lipinski definition) is 4. The van der Waals surface area contributed by atoms with Crippen molar-refractivity contribution in [3.05, 3.63) is 23.8 Å². The van der Waals surface area contributed by atoms with Crippen LogP contribution in [0.15, 0.2) is 18.2 Å². The van der Waals surface area contributed by atoms with Gasteiger partial charge in [0.2, 0.25) is 0 Å². The standard InChI is InChI=1S/C11H15N3O4/c1-18-9-4-7(2-3-8(9)12)5-13-11(17)14-6-10(15)16/h2-4H,5-6,12H2,1H3,(H,15,16)(H2,13,14,17). The maximum atomic E-state index is 11.2. The maximum Gasteiger partial charge on any atom is 0.323 e. The molecule has 0 aromatic heterocycles. The topological polar surface area (TPSA) is 114 Å². The third kappa shape index (κ3) is 4.20. The second-order valence-corrected chi connectivity index (χ2v) is 3.51. The van der Waals surface area contributed by atoms with E-state index in [4.69, 9.17) is 15.6 Å². The molecule has 0 saturated heterocycles. The Morgan fingerprint density at radius 1 is 1.39 bits per heavy atom. The van der Waals surface area contributed by atoms with Crippen LogP contribution in [-0.2, 0) is 11.3 Å². The number of anilines is 1. The van der Waals surface area contributed by atoms with Gasteiger partial charge in [-0.3, -0.25) is 4.79 Å². The minimum absolute atomic E-state index is 0.252. The lowest BCUT2D eigenvalue weighted by molar-refractivity contribution is -0.135. The Hall–Kier alpha value is -2.44. The number of benzene rings is 1. The number of carboxylic acid groups (broad SMARTS) is 1. The van der Waals surface area contributed by atoms with E-state index in [0.717, 1.165) is 5.56 Å². The normalized spacial score (nSPS) is 9.61. The molecule has 0 aliphatic rings. The fourth-order valence-electron chi connectivity index (χ4n) is 1.27. The van der Waals surface area contributed by atoms with E-state index in [2.05, 4.69) is 10.6 Å². The third-order valence-electron chi connectivity index (χ3n) is 2.15. The zero-order valence-electron chi connectivity index (χ0n) is 9.90. The first-order chi connectivity index (χ1) is 8.52. The van der Waals surface area contributed by atoms with E-state index in [1.54, 1.807) is 18.2 Å². The van der Waals surface area contributed by atoms with Crippen LogP contribution >= 0.6 is 0 Å². The number of nitrogen functional groups attached to an aromatic ring is 1. The van der Waals surface area contributed by atoms with Gasteiger partial charge in [-0.1, -0.05) is 6.07 Å². The van der Waals surface area contributed by atoms with Crippen LogP contribution in [0.5, 0.6) is 5.75 Å². The molecule has 1 aromatic rings. The molecule has 0 saturated carbocycles. The van der Waals surface area contributed by atoms with Gasteiger partial charge in [-0.15, -0.1) is 0 Å². The number of carbonyl (C=O) groups excluding carboxylic acids is 1. The van der Waals surface area contributed by atoms with Crippen LogP contribution in [0, 0.1) is 0 Å².